The van der Waals surface area contributed by atoms with Gasteiger partial charge < -0.3 is 14.7 Å². The summed E-state index contributed by atoms with van der Waals surface area (Å²) in [7, 11) is 0. The molecule has 1 fully saturated rings. The predicted molar refractivity (Wildman–Crippen MR) is 138 cm³/mol. The van der Waals surface area contributed by atoms with Gasteiger partial charge in [0.2, 0.25) is 5.43 Å². The van der Waals surface area contributed by atoms with E-state index in [-0.39, 0.29) is 23.7 Å². The van der Waals surface area contributed by atoms with Crippen molar-refractivity contribution >= 4 is 29.4 Å². The molecule has 0 bridgehead atoms. The molecule has 192 valence electrons. The van der Waals surface area contributed by atoms with Crippen LogP contribution < -0.4 is 10.4 Å². The van der Waals surface area contributed by atoms with Crippen LogP contribution in [0, 0.1) is 11.6 Å². The van der Waals surface area contributed by atoms with Crippen LogP contribution in [-0.2, 0) is 10.5 Å². The topological polar surface area (TPSA) is 75.0 Å². The summed E-state index contributed by atoms with van der Waals surface area (Å²) in [6.45, 7) is 1.86. The predicted octanol–water partition coefficient (Wildman–Crippen LogP) is 3.71. The van der Waals surface area contributed by atoms with Gasteiger partial charge in [-0.05, 0) is 23.3 Å². The lowest BCUT2D eigenvalue weighted by Crippen LogP contribution is -2.56. The molecule has 2 aromatic carbocycles. The number of rotatable bonds is 5. The van der Waals surface area contributed by atoms with Gasteiger partial charge in [0, 0.05) is 40.8 Å². The van der Waals surface area contributed by atoms with E-state index in [1.807, 2.05) is 29.3 Å². The number of carbonyl (C=O) groups excluding carboxylic acids is 1. The van der Waals surface area contributed by atoms with Crippen LogP contribution in [0.4, 0.5) is 8.78 Å². The smallest absolute Gasteiger partial charge is 0.277 e. The molecule has 1 aromatic heterocycles. The number of carbonyl (C=O) groups is 1. The van der Waals surface area contributed by atoms with Crippen molar-refractivity contribution in [1.82, 2.24) is 9.58 Å². The Morgan fingerprint density at radius 3 is 2.68 bits per heavy atom. The molecule has 3 aliphatic rings. The summed E-state index contributed by atoms with van der Waals surface area (Å²) in [5.74, 6) is -2.01. The lowest BCUT2D eigenvalue weighted by molar-refractivity contribution is 0.0454. The monoisotopic (exact) mass is 543 g/mol. The number of nitrogens with zero attached hydrogens (tertiary/aromatic N) is 3. The lowest BCUT2D eigenvalue weighted by atomic mass is 9.94. The largest absolute Gasteiger partial charge is 0.502 e. The number of aromatic hydroxyl groups is 1. The highest BCUT2D eigenvalue weighted by Gasteiger charge is 2.39. The van der Waals surface area contributed by atoms with Gasteiger partial charge in [-0.1, -0.05) is 24.3 Å². The summed E-state index contributed by atoms with van der Waals surface area (Å²) >= 11 is 3.12. The fraction of sp³-hybridized carbons (Fsp3) is 0.308. The Kier molecular flexibility index (Phi) is 6.37. The normalized spacial score (nSPS) is 19.1. The number of pyridine rings is 1. The highest BCUT2D eigenvalue weighted by Crippen LogP contribution is 2.44. The van der Waals surface area contributed by atoms with Gasteiger partial charge in [-0.2, -0.15) is 11.8 Å². The van der Waals surface area contributed by atoms with Gasteiger partial charge in [0.1, 0.15) is 6.67 Å². The minimum atomic E-state index is -0.918. The summed E-state index contributed by atoms with van der Waals surface area (Å²) < 4.78 is 36.1. The van der Waals surface area contributed by atoms with Crippen molar-refractivity contribution in [3.8, 4) is 5.75 Å². The lowest BCUT2D eigenvalue weighted by Gasteiger charge is -2.44. The van der Waals surface area contributed by atoms with Crippen LogP contribution in [0.3, 0.4) is 0 Å². The molecule has 0 spiro atoms. The number of hydrogen-bond acceptors (Lipinski definition) is 7. The molecule has 11 heteroatoms. The average molecular weight is 544 g/mol. The van der Waals surface area contributed by atoms with Crippen molar-refractivity contribution in [3.63, 3.8) is 0 Å². The third kappa shape index (κ3) is 4.18. The zero-order chi connectivity index (χ0) is 25.7. The van der Waals surface area contributed by atoms with Crippen LogP contribution in [0.2, 0.25) is 0 Å². The van der Waals surface area contributed by atoms with Gasteiger partial charge in [-0.25, -0.2) is 8.78 Å². The molecule has 1 amide bonds. The third-order valence-electron chi connectivity index (χ3n) is 6.87. The van der Waals surface area contributed by atoms with Crippen molar-refractivity contribution in [2.75, 3.05) is 37.2 Å². The van der Waals surface area contributed by atoms with Crippen molar-refractivity contribution in [2.24, 2.45) is 0 Å². The molecule has 37 heavy (non-hydrogen) atoms. The Hall–Kier alpha value is -3.02. The molecule has 0 saturated carbocycles. The number of aromatic nitrogens is 1. The first-order chi connectivity index (χ1) is 17.9. The highest BCUT2D eigenvalue weighted by atomic mass is 32.2. The molecule has 0 unspecified atom stereocenters. The Bertz CT molecular complexity index is 1450. The van der Waals surface area contributed by atoms with E-state index >= 15 is 4.39 Å². The summed E-state index contributed by atoms with van der Waals surface area (Å²) in [4.78, 5) is 28.3. The van der Waals surface area contributed by atoms with Crippen LogP contribution in [0.5, 0.6) is 5.75 Å². The fourth-order valence-electron chi connectivity index (χ4n) is 4.89. The molecule has 3 aliphatic heterocycles. The van der Waals surface area contributed by atoms with Crippen molar-refractivity contribution in [3.05, 3.63) is 92.9 Å². The van der Waals surface area contributed by atoms with Gasteiger partial charge in [0.25, 0.3) is 5.91 Å². The summed E-state index contributed by atoms with van der Waals surface area (Å²) in [6, 6.07) is 10.9. The first-order valence-electron chi connectivity index (χ1n) is 11.8. The van der Waals surface area contributed by atoms with Crippen LogP contribution in [0.25, 0.3) is 0 Å². The summed E-state index contributed by atoms with van der Waals surface area (Å²) in [5, 5.41) is 12.9. The van der Waals surface area contributed by atoms with Gasteiger partial charge in [-0.15, -0.1) is 11.8 Å². The fourth-order valence-corrected chi connectivity index (χ4v) is 7.05. The number of amides is 1. The molecule has 1 N–H and O–H groups in total. The molecule has 3 aromatic rings. The standard InChI is InChI=1S/C26H23F2N3O4S2/c27-19-6-5-16-18(22(19)28)13-37-21-4-2-1-3-17(21)23(16)31-14-29(9-10-36-15-11-35-12-15)26(34)24-25(33)20(32)7-8-30(24)31/h1-8,15,23,33H,9-14H2/t23-/m0/s1. The molecule has 1 atom stereocenters. The van der Waals surface area contributed by atoms with Gasteiger partial charge in [-0.3, -0.25) is 19.3 Å². The molecular weight excluding hydrogens is 520 g/mol. The molecule has 0 aliphatic carbocycles. The Morgan fingerprint density at radius 2 is 1.89 bits per heavy atom. The first-order valence-corrected chi connectivity index (χ1v) is 13.9. The Labute approximate surface area is 220 Å². The molecule has 6 rings (SSSR count). The minimum Gasteiger partial charge on any atom is -0.502 e. The van der Waals surface area contributed by atoms with E-state index in [1.54, 1.807) is 22.7 Å². The van der Waals surface area contributed by atoms with Crippen LogP contribution >= 0.6 is 23.5 Å². The van der Waals surface area contributed by atoms with Gasteiger partial charge >= 0.3 is 0 Å². The summed E-state index contributed by atoms with van der Waals surface area (Å²) in [5.41, 5.74) is 0.872. The van der Waals surface area contributed by atoms with Gasteiger partial charge in [0.15, 0.2) is 23.1 Å². The Balaban J connectivity index is 1.49. The van der Waals surface area contributed by atoms with Crippen molar-refractivity contribution < 1.29 is 23.4 Å². The van der Waals surface area contributed by atoms with E-state index in [0.717, 1.165) is 16.5 Å². The molecule has 4 heterocycles. The maximum Gasteiger partial charge on any atom is 0.277 e. The molecule has 0 radical (unpaired) electrons. The second kappa shape index (κ2) is 9.70. The molecule has 7 nitrogen and oxygen atoms in total. The molecular formula is C26H23F2N3O4S2. The van der Waals surface area contributed by atoms with E-state index in [0.29, 0.717) is 36.3 Å². The van der Waals surface area contributed by atoms with Crippen LogP contribution in [0.1, 0.15) is 33.2 Å². The average Bonchev–Trinajstić information content (AvgIpc) is 3.03. The van der Waals surface area contributed by atoms with Crippen LogP contribution in [-0.4, -0.2) is 58.0 Å². The van der Waals surface area contributed by atoms with Crippen LogP contribution in [0.15, 0.2) is 58.4 Å². The quantitative estimate of drug-likeness (QED) is 0.526. The summed E-state index contributed by atoms with van der Waals surface area (Å²) in [6.07, 6.45) is 1.45. The molecule has 1 saturated heterocycles. The SMILES string of the molecule is O=C1c2c(O)c(=O)ccn2N([C@@H]2c3ccccc3SCc3c2ccc(F)c3F)CN1CCSC1COC1. The van der Waals surface area contributed by atoms with E-state index in [2.05, 4.69) is 0 Å². The minimum absolute atomic E-state index is 0.123. The van der Waals surface area contributed by atoms with E-state index in [9.17, 15) is 19.1 Å². The number of halogens is 2. The maximum atomic E-state index is 15.1. The second-order valence-electron chi connectivity index (χ2n) is 9.06. The van der Waals surface area contributed by atoms with Crippen molar-refractivity contribution in [1.29, 1.82) is 0 Å². The third-order valence-corrected chi connectivity index (χ3v) is 9.15. The Morgan fingerprint density at radius 1 is 1.08 bits per heavy atom. The first kappa shape index (κ1) is 24.3. The number of hydrogen-bond donors (Lipinski definition) is 1. The zero-order valence-electron chi connectivity index (χ0n) is 19.6. The highest BCUT2D eigenvalue weighted by molar-refractivity contribution is 8.00. The number of fused-ring (bicyclic) bond motifs is 3. The van der Waals surface area contributed by atoms with E-state index in [4.69, 9.17) is 4.74 Å². The second-order valence-corrected chi connectivity index (χ2v) is 11.5. The zero-order valence-corrected chi connectivity index (χ0v) is 21.2. The number of thioether (sulfide) groups is 2. The van der Waals surface area contributed by atoms with Crippen molar-refractivity contribution in [2.45, 2.75) is 21.9 Å². The maximum absolute atomic E-state index is 15.1. The number of benzene rings is 2. The number of ether oxygens (including phenoxy) is 1. The van der Waals surface area contributed by atoms with Gasteiger partial charge in [0.05, 0.1) is 24.5 Å². The van der Waals surface area contributed by atoms with E-state index < -0.39 is 34.8 Å². The van der Waals surface area contributed by atoms with E-state index in [1.165, 1.54) is 28.7 Å².